The maximum atomic E-state index is 13.2. The Hall–Kier alpha value is -3.06. The summed E-state index contributed by atoms with van der Waals surface area (Å²) in [5.41, 5.74) is 0.984. The molecule has 0 radical (unpaired) electrons. The van der Waals surface area contributed by atoms with Crippen LogP contribution < -0.4 is 5.32 Å². The number of nitrogens with zero attached hydrogens (tertiary/aromatic N) is 2. The molecule has 0 aliphatic heterocycles. The molecule has 3 aromatic rings. The van der Waals surface area contributed by atoms with E-state index in [1.54, 1.807) is 18.1 Å². The van der Waals surface area contributed by atoms with Crippen molar-refractivity contribution in [1.29, 1.82) is 0 Å². The Kier molecular flexibility index (Phi) is 5.61. The molecule has 1 atom stereocenters. The lowest BCUT2D eigenvalue weighted by atomic mass is 10.2. The number of nitrogens with one attached hydrogen (secondary N) is 1. The Labute approximate surface area is 155 Å². The van der Waals surface area contributed by atoms with Crippen LogP contribution >= 0.6 is 0 Å². The number of rotatable bonds is 6. The fourth-order valence-corrected chi connectivity index (χ4v) is 2.60. The van der Waals surface area contributed by atoms with Crippen LogP contribution in [-0.2, 0) is 4.79 Å². The molecule has 0 aliphatic rings. The molecule has 0 bridgehead atoms. The highest BCUT2D eigenvalue weighted by molar-refractivity contribution is 5.92. The first-order valence-corrected chi connectivity index (χ1v) is 8.39. The SMILES string of the molecule is CC(c1ncc(-c2ccccc2)o1)N(C)CC(=O)Nc1cc(F)cc(F)c1. The van der Waals surface area contributed by atoms with Gasteiger partial charge in [0.2, 0.25) is 11.8 Å². The quantitative estimate of drug-likeness (QED) is 0.704. The van der Waals surface area contributed by atoms with E-state index in [1.807, 2.05) is 37.3 Å². The minimum atomic E-state index is -0.750. The van der Waals surface area contributed by atoms with Crippen molar-refractivity contribution < 1.29 is 18.0 Å². The number of benzene rings is 2. The number of carbonyl (C=O) groups excluding carboxylic acids is 1. The second kappa shape index (κ2) is 8.09. The number of carbonyl (C=O) groups is 1. The average Bonchev–Trinajstić information content (AvgIpc) is 3.10. The van der Waals surface area contributed by atoms with Gasteiger partial charge < -0.3 is 9.73 Å². The highest BCUT2D eigenvalue weighted by Crippen LogP contribution is 2.25. The number of hydrogen-bond donors (Lipinski definition) is 1. The molecule has 1 aromatic heterocycles. The third kappa shape index (κ3) is 4.77. The van der Waals surface area contributed by atoms with E-state index in [1.165, 1.54) is 0 Å². The molecular weight excluding hydrogens is 352 g/mol. The van der Waals surface area contributed by atoms with E-state index in [9.17, 15) is 13.6 Å². The molecule has 2 aromatic carbocycles. The normalized spacial score (nSPS) is 12.2. The molecule has 5 nitrogen and oxygen atoms in total. The summed E-state index contributed by atoms with van der Waals surface area (Å²) in [4.78, 5) is 18.2. The van der Waals surface area contributed by atoms with Crippen LogP contribution in [0.3, 0.4) is 0 Å². The van der Waals surface area contributed by atoms with Crippen molar-refractivity contribution in [2.75, 3.05) is 18.9 Å². The molecule has 27 heavy (non-hydrogen) atoms. The maximum Gasteiger partial charge on any atom is 0.238 e. The van der Waals surface area contributed by atoms with Gasteiger partial charge in [0.25, 0.3) is 0 Å². The lowest BCUT2D eigenvalue weighted by Gasteiger charge is -2.21. The molecule has 140 valence electrons. The van der Waals surface area contributed by atoms with Crippen molar-refractivity contribution in [3.05, 3.63) is 72.3 Å². The Balaban J connectivity index is 1.62. The van der Waals surface area contributed by atoms with Crippen LogP contribution in [0.25, 0.3) is 11.3 Å². The maximum absolute atomic E-state index is 13.2. The Morgan fingerprint density at radius 1 is 1.19 bits per heavy atom. The van der Waals surface area contributed by atoms with Crippen molar-refractivity contribution in [1.82, 2.24) is 9.88 Å². The summed E-state index contributed by atoms with van der Waals surface area (Å²) in [7, 11) is 1.74. The first kappa shape index (κ1) is 18.7. The van der Waals surface area contributed by atoms with E-state index in [4.69, 9.17) is 4.42 Å². The molecule has 3 rings (SSSR count). The summed E-state index contributed by atoms with van der Waals surface area (Å²) in [5, 5.41) is 2.48. The van der Waals surface area contributed by atoms with Gasteiger partial charge in [-0.05, 0) is 26.1 Å². The van der Waals surface area contributed by atoms with Crippen LogP contribution in [0.4, 0.5) is 14.5 Å². The highest BCUT2D eigenvalue weighted by Gasteiger charge is 2.20. The third-order valence-corrected chi connectivity index (χ3v) is 4.14. The number of halogens is 2. The van der Waals surface area contributed by atoms with Crippen molar-refractivity contribution in [3.63, 3.8) is 0 Å². The Morgan fingerprint density at radius 2 is 1.85 bits per heavy atom. The van der Waals surface area contributed by atoms with Crippen molar-refractivity contribution in [2.24, 2.45) is 0 Å². The number of aromatic nitrogens is 1. The topological polar surface area (TPSA) is 58.4 Å². The van der Waals surface area contributed by atoms with Gasteiger partial charge in [-0.25, -0.2) is 13.8 Å². The minimum absolute atomic E-state index is 0.00233. The molecule has 7 heteroatoms. The third-order valence-electron chi connectivity index (χ3n) is 4.14. The lowest BCUT2D eigenvalue weighted by molar-refractivity contribution is -0.117. The first-order chi connectivity index (χ1) is 12.9. The van der Waals surface area contributed by atoms with Crippen molar-refractivity contribution in [3.8, 4) is 11.3 Å². The van der Waals surface area contributed by atoms with Crippen molar-refractivity contribution >= 4 is 11.6 Å². The summed E-state index contributed by atoms with van der Waals surface area (Å²) in [6, 6.07) is 12.2. The standard InChI is InChI=1S/C20H19F2N3O2/c1-13(20-23-11-18(27-20)14-6-4-3-5-7-14)25(2)12-19(26)24-17-9-15(21)8-16(22)10-17/h3-11,13H,12H2,1-2H3,(H,24,26). The highest BCUT2D eigenvalue weighted by atomic mass is 19.1. The summed E-state index contributed by atoms with van der Waals surface area (Å²) in [6.45, 7) is 1.86. The molecular formula is C20H19F2N3O2. The number of hydrogen-bond acceptors (Lipinski definition) is 4. The van der Waals surface area contributed by atoms with E-state index in [0.29, 0.717) is 11.7 Å². The Bertz CT molecular complexity index is 908. The van der Waals surface area contributed by atoms with Gasteiger partial charge >= 0.3 is 0 Å². The zero-order chi connectivity index (χ0) is 19.4. The number of likely N-dealkylation sites (N-methyl/N-ethyl adjacent to an activating group) is 1. The van der Waals surface area contributed by atoms with Crippen LogP contribution in [0, 0.1) is 11.6 Å². The monoisotopic (exact) mass is 371 g/mol. The molecule has 1 N–H and O–H groups in total. The minimum Gasteiger partial charge on any atom is -0.439 e. The fraction of sp³-hybridized carbons (Fsp3) is 0.200. The van der Waals surface area contributed by atoms with Crippen molar-refractivity contribution in [2.45, 2.75) is 13.0 Å². The smallest absolute Gasteiger partial charge is 0.238 e. The molecule has 0 saturated carbocycles. The van der Waals surface area contributed by atoms with Gasteiger partial charge in [-0.1, -0.05) is 30.3 Å². The zero-order valence-corrected chi connectivity index (χ0v) is 14.9. The van der Waals surface area contributed by atoms with Gasteiger partial charge in [0.15, 0.2) is 5.76 Å². The predicted octanol–water partition coefficient (Wildman–Crippen LogP) is 4.25. The molecule has 0 saturated heterocycles. The van der Waals surface area contributed by atoms with E-state index in [0.717, 1.165) is 23.8 Å². The van der Waals surface area contributed by atoms with Gasteiger partial charge in [0.05, 0.1) is 18.8 Å². The van der Waals surface area contributed by atoms with Crippen LogP contribution in [0.1, 0.15) is 18.9 Å². The van der Waals surface area contributed by atoms with Gasteiger partial charge in [-0.2, -0.15) is 0 Å². The van der Waals surface area contributed by atoms with E-state index in [2.05, 4.69) is 10.3 Å². The van der Waals surface area contributed by atoms with Crippen LogP contribution in [0.5, 0.6) is 0 Å². The summed E-state index contributed by atoms with van der Waals surface area (Å²) < 4.78 is 32.2. The van der Waals surface area contributed by atoms with E-state index in [-0.39, 0.29) is 18.3 Å². The molecule has 1 unspecified atom stereocenters. The van der Waals surface area contributed by atoms with Gasteiger partial charge in [0.1, 0.15) is 11.6 Å². The molecule has 0 spiro atoms. The second-order valence-corrected chi connectivity index (χ2v) is 6.23. The molecule has 1 heterocycles. The number of oxazole rings is 1. The van der Waals surface area contributed by atoms with Gasteiger partial charge in [0, 0.05) is 17.3 Å². The van der Waals surface area contributed by atoms with Gasteiger partial charge in [-0.15, -0.1) is 0 Å². The second-order valence-electron chi connectivity index (χ2n) is 6.23. The van der Waals surface area contributed by atoms with Crippen LogP contribution in [0.15, 0.2) is 59.1 Å². The molecule has 0 fully saturated rings. The fourth-order valence-electron chi connectivity index (χ4n) is 2.60. The van der Waals surface area contributed by atoms with Crippen LogP contribution in [0.2, 0.25) is 0 Å². The van der Waals surface area contributed by atoms with Crippen LogP contribution in [-0.4, -0.2) is 29.4 Å². The lowest BCUT2D eigenvalue weighted by Crippen LogP contribution is -2.32. The zero-order valence-electron chi connectivity index (χ0n) is 14.9. The molecule has 1 amide bonds. The number of anilines is 1. The first-order valence-electron chi connectivity index (χ1n) is 8.39. The largest absolute Gasteiger partial charge is 0.439 e. The van der Waals surface area contributed by atoms with E-state index >= 15 is 0 Å². The summed E-state index contributed by atoms with van der Waals surface area (Å²) >= 11 is 0. The summed E-state index contributed by atoms with van der Waals surface area (Å²) in [5.74, 6) is -0.781. The summed E-state index contributed by atoms with van der Waals surface area (Å²) in [6.07, 6.45) is 1.64. The molecule has 0 aliphatic carbocycles. The van der Waals surface area contributed by atoms with E-state index < -0.39 is 17.5 Å². The Morgan fingerprint density at radius 3 is 2.52 bits per heavy atom. The average molecular weight is 371 g/mol. The predicted molar refractivity (Wildman–Crippen MR) is 98.0 cm³/mol. The van der Waals surface area contributed by atoms with Gasteiger partial charge in [-0.3, -0.25) is 9.69 Å². The number of amides is 1.